The number of nitrogens with one attached hydrogen (secondary N) is 1. The van der Waals surface area contributed by atoms with Gasteiger partial charge in [-0.25, -0.2) is 0 Å². The summed E-state index contributed by atoms with van der Waals surface area (Å²) in [6.45, 7) is 9.56. The molecule has 0 aliphatic carbocycles. The van der Waals surface area contributed by atoms with Crippen molar-refractivity contribution in [1.82, 2.24) is 5.32 Å². The van der Waals surface area contributed by atoms with E-state index < -0.39 is 0 Å². The van der Waals surface area contributed by atoms with Gasteiger partial charge in [0.25, 0.3) is 0 Å². The van der Waals surface area contributed by atoms with E-state index in [4.69, 9.17) is 0 Å². The molecular formula is C13H27N. The topological polar surface area (TPSA) is 12.0 Å². The first kappa shape index (κ1) is 12.0. The molecule has 14 heavy (non-hydrogen) atoms. The first-order chi connectivity index (χ1) is 6.74. The lowest BCUT2D eigenvalue weighted by atomic mass is 9.80. The number of hydrogen-bond acceptors (Lipinski definition) is 1. The predicted molar refractivity (Wildman–Crippen MR) is 63.4 cm³/mol. The van der Waals surface area contributed by atoms with Gasteiger partial charge in [0.05, 0.1) is 0 Å². The van der Waals surface area contributed by atoms with Gasteiger partial charge in [0.15, 0.2) is 0 Å². The first-order valence-corrected chi connectivity index (χ1v) is 6.44. The van der Waals surface area contributed by atoms with Crippen LogP contribution in [-0.2, 0) is 0 Å². The monoisotopic (exact) mass is 197 g/mol. The standard InChI is InChI=1S/C13H27N/c1-4-12(8-7-11(2)3)13-6-5-9-14-10-13/h11-14H,4-10H2,1-3H3/t12-,13?/m0/s1. The fourth-order valence-electron chi connectivity index (χ4n) is 2.60. The van der Waals surface area contributed by atoms with E-state index in [9.17, 15) is 0 Å². The van der Waals surface area contributed by atoms with Crippen LogP contribution in [0, 0.1) is 17.8 Å². The van der Waals surface area contributed by atoms with Crippen LogP contribution in [0.25, 0.3) is 0 Å². The Kier molecular flexibility index (Phi) is 5.54. The fourth-order valence-corrected chi connectivity index (χ4v) is 2.60. The lowest BCUT2D eigenvalue weighted by Crippen LogP contribution is -2.34. The summed E-state index contributed by atoms with van der Waals surface area (Å²) in [6.07, 6.45) is 7.08. The fraction of sp³-hybridized carbons (Fsp3) is 1.00. The molecule has 0 radical (unpaired) electrons. The zero-order valence-corrected chi connectivity index (χ0v) is 10.2. The van der Waals surface area contributed by atoms with E-state index in [0.717, 1.165) is 17.8 Å². The van der Waals surface area contributed by atoms with E-state index >= 15 is 0 Å². The van der Waals surface area contributed by atoms with Crippen molar-refractivity contribution in [3.8, 4) is 0 Å². The molecule has 0 aromatic rings. The molecule has 1 aliphatic heterocycles. The van der Waals surface area contributed by atoms with E-state index in [2.05, 4.69) is 26.1 Å². The van der Waals surface area contributed by atoms with Crippen molar-refractivity contribution in [1.29, 1.82) is 0 Å². The highest BCUT2D eigenvalue weighted by Crippen LogP contribution is 2.27. The van der Waals surface area contributed by atoms with Crippen LogP contribution in [0.3, 0.4) is 0 Å². The average Bonchev–Trinajstić information content (AvgIpc) is 2.20. The average molecular weight is 197 g/mol. The van der Waals surface area contributed by atoms with Gasteiger partial charge in [-0.2, -0.15) is 0 Å². The number of piperidine rings is 1. The summed E-state index contributed by atoms with van der Waals surface area (Å²) in [5.74, 6) is 2.82. The Morgan fingerprint density at radius 1 is 1.29 bits per heavy atom. The van der Waals surface area contributed by atoms with Crippen LogP contribution in [0.15, 0.2) is 0 Å². The maximum Gasteiger partial charge on any atom is -0.00179 e. The minimum absolute atomic E-state index is 0.876. The molecule has 0 aromatic heterocycles. The second-order valence-corrected chi connectivity index (χ2v) is 5.25. The molecule has 1 heteroatoms. The quantitative estimate of drug-likeness (QED) is 0.712. The zero-order chi connectivity index (χ0) is 10.4. The molecule has 0 bridgehead atoms. The largest absolute Gasteiger partial charge is 0.316 e. The third-order valence-corrected chi connectivity index (χ3v) is 3.64. The highest BCUT2D eigenvalue weighted by Gasteiger charge is 2.21. The van der Waals surface area contributed by atoms with Crippen molar-refractivity contribution >= 4 is 0 Å². The van der Waals surface area contributed by atoms with Gasteiger partial charge in [-0.05, 0) is 50.1 Å². The molecular weight excluding hydrogens is 170 g/mol. The second kappa shape index (κ2) is 6.44. The minimum Gasteiger partial charge on any atom is -0.316 e. The van der Waals surface area contributed by atoms with E-state index in [1.807, 2.05) is 0 Å². The van der Waals surface area contributed by atoms with Gasteiger partial charge in [0.1, 0.15) is 0 Å². The van der Waals surface area contributed by atoms with Crippen molar-refractivity contribution in [2.75, 3.05) is 13.1 Å². The molecule has 1 fully saturated rings. The highest BCUT2D eigenvalue weighted by atomic mass is 14.9. The van der Waals surface area contributed by atoms with Gasteiger partial charge in [0.2, 0.25) is 0 Å². The third kappa shape index (κ3) is 4.00. The number of rotatable bonds is 5. The molecule has 1 aliphatic rings. The number of hydrogen-bond donors (Lipinski definition) is 1. The van der Waals surface area contributed by atoms with Gasteiger partial charge in [-0.15, -0.1) is 0 Å². The van der Waals surface area contributed by atoms with Gasteiger partial charge < -0.3 is 5.32 Å². The summed E-state index contributed by atoms with van der Waals surface area (Å²) in [7, 11) is 0. The molecule has 0 spiro atoms. The van der Waals surface area contributed by atoms with Gasteiger partial charge in [-0.3, -0.25) is 0 Å². The lowest BCUT2D eigenvalue weighted by molar-refractivity contribution is 0.234. The van der Waals surface area contributed by atoms with Gasteiger partial charge >= 0.3 is 0 Å². The molecule has 84 valence electrons. The molecule has 1 unspecified atom stereocenters. The molecule has 1 nitrogen and oxygen atoms in total. The van der Waals surface area contributed by atoms with Crippen LogP contribution < -0.4 is 5.32 Å². The summed E-state index contributed by atoms with van der Waals surface area (Å²) in [5, 5.41) is 3.54. The van der Waals surface area contributed by atoms with E-state index in [-0.39, 0.29) is 0 Å². The summed E-state index contributed by atoms with van der Waals surface area (Å²) < 4.78 is 0. The van der Waals surface area contributed by atoms with Crippen LogP contribution in [0.4, 0.5) is 0 Å². The Morgan fingerprint density at radius 3 is 2.57 bits per heavy atom. The van der Waals surface area contributed by atoms with Crippen molar-refractivity contribution in [3.05, 3.63) is 0 Å². The smallest absolute Gasteiger partial charge is 0.00179 e. The van der Waals surface area contributed by atoms with Crippen LogP contribution in [0.5, 0.6) is 0 Å². The highest BCUT2D eigenvalue weighted by molar-refractivity contribution is 4.75. The summed E-state index contributed by atoms with van der Waals surface area (Å²) in [5.41, 5.74) is 0. The molecule has 0 amide bonds. The third-order valence-electron chi connectivity index (χ3n) is 3.64. The lowest BCUT2D eigenvalue weighted by Gasteiger charge is -2.30. The Balaban J connectivity index is 2.28. The van der Waals surface area contributed by atoms with E-state index in [1.165, 1.54) is 45.2 Å². The molecule has 1 N–H and O–H groups in total. The van der Waals surface area contributed by atoms with Crippen LogP contribution >= 0.6 is 0 Å². The normalized spacial score (nSPS) is 25.3. The SMILES string of the molecule is CC[C@@H](CCC(C)C)C1CCCNC1. The predicted octanol–water partition coefficient (Wildman–Crippen LogP) is 3.45. The molecule has 1 saturated heterocycles. The maximum absolute atomic E-state index is 3.54. The molecule has 1 heterocycles. The van der Waals surface area contributed by atoms with Crippen molar-refractivity contribution in [2.45, 2.75) is 52.9 Å². The zero-order valence-electron chi connectivity index (χ0n) is 10.2. The van der Waals surface area contributed by atoms with Crippen LogP contribution in [-0.4, -0.2) is 13.1 Å². The molecule has 1 rings (SSSR count). The summed E-state index contributed by atoms with van der Waals surface area (Å²) >= 11 is 0. The van der Waals surface area contributed by atoms with Crippen molar-refractivity contribution in [3.63, 3.8) is 0 Å². The Morgan fingerprint density at radius 2 is 2.07 bits per heavy atom. The Hall–Kier alpha value is -0.0400. The van der Waals surface area contributed by atoms with Gasteiger partial charge in [-0.1, -0.05) is 33.6 Å². The van der Waals surface area contributed by atoms with Crippen LogP contribution in [0.2, 0.25) is 0 Å². The molecule has 2 atom stereocenters. The summed E-state index contributed by atoms with van der Waals surface area (Å²) in [4.78, 5) is 0. The summed E-state index contributed by atoms with van der Waals surface area (Å²) in [6, 6.07) is 0. The Labute approximate surface area is 89.7 Å². The maximum atomic E-state index is 3.54. The van der Waals surface area contributed by atoms with E-state index in [1.54, 1.807) is 0 Å². The van der Waals surface area contributed by atoms with Crippen molar-refractivity contribution in [2.24, 2.45) is 17.8 Å². The first-order valence-electron chi connectivity index (χ1n) is 6.44. The minimum atomic E-state index is 0.876. The van der Waals surface area contributed by atoms with Gasteiger partial charge in [0, 0.05) is 0 Å². The van der Waals surface area contributed by atoms with Crippen LogP contribution in [0.1, 0.15) is 52.9 Å². The van der Waals surface area contributed by atoms with Crippen molar-refractivity contribution < 1.29 is 0 Å². The molecule has 0 aromatic carbocycles. The second-order valence-electron chi connectivity index (χ2n) is 5.25. The van der Waals surface area contributed by atoms with E-state index in [0.29, 0.717) is 0 Å². The Bertz CT molecular complexity index is 136. The molecule has 0 saturated carbocycles.